The van der Waals surface area contributed by atoms with E-state index in [2.05, 4.69) is 4.98 Å². The van der Waals surface area contributed by atoms with Crippen LogP contribution in [0.2, 0.25) is 0 Å². The van der Waals surface area contributed by atoms with E-state index in [0.29, 0.717) is 5.56 Å². The van der Waals surface area contributed by atoms with Crippen LogP contribution >= 0.6 is 0 Å². The normalized spacial score (nSPS) is 13.6. The van der Waals surface area contributed by atoms with Gasteiger partial charge >= 0.3 is 0 Å². The summed E-state index contributed by atoms with van der Waals surface area (Å²) in [6, 6.07) is 2.82. The van der Waals surface area contributed by atoms with Crippen LogP contribution in [0.4, 0.5) is 0 Å². The Morgan fingerprint density at radius 2 is 2.07 bits per heavy atom. The summed E-state index contributed by atoms with van der Waals surface area (Å²) in [5.41, 5.74) is 6.35. The average Bonchev–Trinajstić information content (AvgIpc) is 2.15. The minimum absolute atomic E-state index is 0.0193. The highest BCUT2D eigenvalue weighted by atomic mass is 32.2. The van der Waals surface area contributed by atoms with Crippen LogP contribution in [-0.2, 0) is 9.84 Å². The molecule has 5 nitrogen and oxygen atoms in total. The molecule has 0 bridgehead atoms. The maximum atomic E-state index is 11.3. The summed E-state index contributed by atoms with van der Waals surface area (Å²) in [4.78, 5) is 3.84. The van der Waals surface area contributed by atoms with Crippen LogP contribution in [-0.4, -0.2) is 26.8 Å². The van der Waals surface area contributed by atoms with Gasteiger partial charge < -0.3 is 10.5 Å². The van der Waals surface area contributed by atoms with Gasteiger partial charge in [-0.05, 0) is 18.6 Å². The maximum Gasteiger partial charge on any atom is 0.214 e. The number of nitrogens with zero attached hydrogens (tertiary/aromatic N) is 1. The molecular weight excluding hydrogens is 216 g/mol. The second-order valence-corrected chi connectivity index (χ2v) is 5.30. The van der Waals surface area contributed by atoms with Crippen molar-refractivity contribution in [2.45, 2.75) is 18.0 Å². The molecule has 0 aliphatic rings. The van der Waals surface area contributed by atoms with Crippen molar-refractivity contribution in [2.24, 2.45) is 5.73 Å². The number of ether oxygens (including phenoxy) is 1. The summed E-state index contributed by atoms with van der Waals surface area (Å²) in [6.45, 7) is 1.76. The minimum atomic E-state index is -3.34. The largest absolute Gasteiger partial charge is 0.481 e. The Hall–Kier alpha value is -1.14. The third-order valence-corrected chi connectivity index (χ3v) is 2.88. The molecule has 0 fully saturated rings. The van der Waals surface area contributed by atoms with Crippen molar-refractivity contribution in [1.82, 2.24) is 4.98 Å². The molecule has 0 amide bonds. The zero-order chi connectivity index (χ0) is 11.6. The highest BCUT2D eigenvalue weighted by Crippen LogP contribution is 2.19. The van der Waals surface area contributed by atoms with Crippen LogP contribution in [0.1, 0.15) is 18.5 Å². The lowest BCUT2D eigenvalue weighted by Gasteiger charge is -2.09. The molecule has 2 N–H and O–H groups in total. The van der Waals surface area contributed by atoms with E-state index in [1.807, 2.05) is 0 Å². The first kappa shape index (κ1) is 11.9. The van der Waals surface area contributed by atoms with Crippen molar-refractivity contribution >= 4 is 9.84 Å². The Labute approximate surface area is 89.2 Å². The fourth-order valence-corrected chi connectivity index (χ4v) is 1.66. The Bertz CT molecular complexity index is 454. The number of aromatic nitrogens is 1. The molecule has 15 heavy (non-hydrogen) atoms. The van der Waals surface area contributed by atoms with Crippen molar-refractivity contribution in [3.05, 3.63) is 17.7 Å². The van der Waals surface area contributed by atoms with Gasteiger partial charge in [0.25, 0.3) is 0 Å². The van der Waals surface area contributed by atoms with E-state index in [-0.39, 0.29) is 16.9 Å². The summed E-state index contributed by atoms with van der Waals surface area (Å²) in [7, 11) is -1.91. The first-order valence-corrected chi connectivity index (χ1v) is 6.25. The molecule has 1 rings (SSSR count). The van der Waals surface area contributed by atoms with Crippen LogP contribution in [0.25, 0.3) is 0 Å². The molecule has 0 saturated heterocycles. The number of hydrogen-bond acceptors (Lipinski definition) is 5. The third kappa shape index (κ3) is 2.90. The predicted molar refractivity (Wildman–Crippen MR) is 56.5 cm³/mol. The molecule has 0 aromatic carbocycles. The lowest BCUT2D eigenvalue weighted by molar-refractivity contribution is 0.392. The number of sulfone groups is 1. The summed E-state index contributed by atoms with van der Waals surface area (Å²) < 4.78 is 27.5. The van der Waals surface area contributed by atoms with Gasteiger partial charge in [0, 0.05) is 18.4 Å². The molecule has 1 atom stereocenters. The molecule has 0 radical (unpaired) electrons. The molecule has 1 heterocycles. The van der Waals surface area contributed by atoms with Gasteiger partial charge in [0.15, 0.2) is 14.9 Å². The number of nitrogens with two attached hydrogens (primary N) is 1. The third-order valence-electron chi connectivity index (χ3n) is 1.92. The van der Waals surface area contributed by atoms with Crippen molar-refractivity contribution in [3.63, 3.8) is 0 Å². The fraction of sp³-hybridized carbons (Fsp3) is 0.444. The molecule has 0 aliphatic heterocycles. The van der Waals surface area contributed by atoms with Gasteiger partial charge in [0.2, 0.25) is 5.88 Å². The quantitative estimate of drug-likeness (QED) is 0.818. The van der Waals surface area contributed by atoms with Gasteiger partial charge in [-0.1, -0.05) is 0 Å². The zero-order valence-electron chi connectivity index (χ0n) is 8.89. The molecule has 1 unspecified atom stereocenters. The average molecular weight is 230 g/mol. The molecule has 0 aliphatic carbocycles. The van der Waals surface area contributed by atoms with E-state index in [1.54, 1.807) is 13.0 Å². The van der Waals surface area contributed by atoms with E-state index in [4.69, 9.17) is 10.5 Å². The molecular formula is C9H14N2O3S. The van der Waals surface area contributed by atoms with Crippen molar-refractivity contribution < 1.29 is 13.2 Å². The van der Waals surface area contributed by atoms with Crippen LogP contribution in [0.5, 0.6) is 5.88 Å². The van der Waals surface area contributed by atoms with Gasteiger partial charge in [0.1, 0.15) is 0 Å². The first-order valence-electron chi connectivity index (χ1n) is 4.36. The second kappa shape index (κ2) is 4.16. The Morgan fingerprint density at radius 1 is 1.47 bits per heavy atom. The highest BCUT2D eigenvalue weighted by Gasteiger charge is 2.13. The number of rotatable bonds is 3. The van der Waals surface area contributed by atoms with E-state index in [9.17, 15) is 8.42 Å². The Morgan fingerprint density at radius 3 is 2.47 bits per heavy atom. The van der Waals surface area contributed by atoms with Gasteiger partial charge in [-0.25, -0.2) is 13.4 Å². The second-order valence-electron chi connectivity index (χ2n) is 3.34. The van der Waals surface area contributed by atoms with Crippen molar-refractivity contribution in [1.29, 1.82) is 0 Å². The van der Waals surface area contributed by atoms with Crippen LogP contribution in [0.15, 0.2) is 17.2 Å². The predicted octanol–water partition coefficient (Wildman–Crippen LogP) is 0.513. The van der Waals surface area contributed by atoms with Gasteiger partial charge in [-0.2, -0.15) is 0 Å². The zero-order valence-corrected chi connectivity index (χ0v) is 9.71. The van der Waals surface area contributed by atoms with E-state index >= 15 is 0 Å². The standard InChI is InChI=1S/C9H14N2O3S/c1-6(10)7-4-8(14-2)11-9(5-7)15(3,12)13/h4-6H,10H2,1-3H3. The minimum Gasteiger partial charge on any atom is -0.481 e. The topological polar surface area (TPSA) is 82.3 Å². The monoisotopic (exact) mass is 230 g/mol. The molecule has 84 valence electrons. The van der Waals surface area contributed by atoms with Gasteiger partial charge in [-0.15, -0.1) is 0 Å². The molecule has 6 heteroatoms. The first-order chi connectivity index (χ1) is 6.84. The fourth-order valence-electron chi connectivity index (χ4n) is 1.06. The maximum absolute atomic E-state index is 11.3. The van der Waals surface area contributed by atoms with Crippen molar-refractivity contribution in [3.8, 4) is 5.88 Å². The van der Waals surface area contributed by atoms with Crippen molar-refractivity contribution in [2.75, 3.05) is 13.4 Å². The summed E-state index contributed by atoms with van der Waals surface area (Å²) in [5.74, 6) is 0.255. The molecule has 0 saturated carbocycles. The number of pyridine rings is 1. The van der Waals surface area contributed by atoms with Crippen LogP contribution in [0, 0.1) is 0 Å². The smallest absolute Gasteiger partial charge is 0.214 e. The summed E-state index contributed by atoms with van der Waals surface area (Å²) >= 11 is 0. The lowest BCUT2D eigenvalue weighted by Crippen LogP contribution is -2.09. The van der Waals surface area contributed by atoms with Gasteiger partial charge in [0.05, 0.1) is 7.11 Å². The molecule has 0 spiro atoms. The Balaban J connectivity index is 3.36. The van der Waals surface area contributed by atoms with Crippen LogP contribution < -0.4 is 10.5 Å². The highest BCUT2D eigenvalue weighted by molar-refractivity contribution is 7.90. The summed E-state index contributed by atoms with van der Waals surface area (Å²) in [6.07, 6.45) is 1.10. The van der Waals surface area contributed by atoms with E-state index in [1.165, 1.54) is 13.2 Å². The summed E-state index contributed by atoms with van der Waals surface area (Å²) in [5, 5.41) is -0.0193. The SMILES string of the molecule is COc1cc(C(C)N)cc(S(C)(=O)=O)n1. The lowest BCUT2D eigenvalue weighted by atomic mass is 10.1. The Kier molecular flexibility index (Phi) is 3.31. The molecule has 1 aromatic heterocycles. The van der Waals surface area contributed by atoms with E-state index in [0.717, 1.165) is 6.26 Å². The van der Waals surface area contributed by atoms with Crippen LogP contribution in [0.3, 0.4) is 0 Å². The number of methoxy groups -OCH3 is 1. The number of hydrogen-bond donors (Lipinski definition) is 1. The van der Waals surface area contributed by atoms with Gasteiger partial charge in [-0.3, -0.25) is 0 Å². The molecule has 1 aromatic rings. The van der Waals surface area contributed by atoms with E-state index < -0.39 is 9.84 Å².